The molecule has 1 fully saturated rings. The molecule has 19 heavy (non-hydrogen) atoms. The van der Waals surface area contributed by atoms with Crippen molar-refractivity contribution in [3.8, 4) is 0 Å². The lowest BCUT2D eigenvalue weighted by Gasteiger charge is -2.39. The summed E-state index contributed by atoms with van der Waals surface area (Å²) in [7, 11) is 0. The summed E-state index contributed by atoms with van der Waals surface area (Å²) in [5.74, 6) is 0.748. The van der Waals surface area contributed by atoms with Gasteiger partial charge in [0.05, 0.1) is 12.1 Å². The number of nitrogens with zero attached hydrogens (tertiary/aromatic N) is 4. The molecule has 0 saturated carbocycles. The molecule has 1 aliphatic heterocycles. The Balaban J connectivity index is 1.91. The minimum absolute atomic E-state index is 0.0468. The largest absolute Gasteiger partial charge is 0.396 e. The van der Waals surface area contributed by atoms with Crippen LogP contribution >= 0.6 is 0 Å². The predicted octanol–water partition coefficient (Wildman–Crippen LogP) is 1.62. The maximum Gasteiger partial charge on any atom is 0.225 e. The molecule has 2 aromatic rings. The van der Waals surface area contributed by atoms with Crippen molar-refractivity contribution in [1.29, 1.82) is 0 Å². The first-order valence-electron chi connectivity index (χ1n) is 6.63. The minimum atomic E-state index is -0.0468. The second-order valence-corrected chi connectivity index (χ2v) is 5.60. The van der Waals surface area contributed by atoms with Crippen LogP contribution in [-0.4, -0.2) is 39.8 Å². The van der Waals surface area contributed by atoms with Gasteiger partial charge in [0, 0.05) is 42.5 Å². The third kappa shape index (κ3) is 2.38. The van der Waals surface area contributed by atoms with E-state index < -0.39 is 0 Å². The average molecular weight is 258 g/mol. The first-order chi connectivity index (χ1) is 9.20. The Kier molecular flexibility index (Phi) is 3.06. The fourth-order valence-corrected chi connectivity index (χ4v) is 2.63. The highest BCUT2D eigenvalue weighted by Gasteiger charge is 2.31. The van der Waals surface area contributed by atoms with Gasteiger partial charge in [-0.1, -0.05) is 6.92 Å². The van der Waals surface area contributed by atoms with Crippen molar-refractivity contribution in [2.24, 2.45) is 5.41 Å². The van der Waals surface area contributed by atoms with Crippen LogP contribution < -0.4 is 4.90 Å². The first kappa shape index (κ1) is 12.3. The van der Waals surface area contributed by atoms with Gasteiger partial charge in [-0.15, -0.1) is 0 Å². The highest BCUT2D eigenvalue weighted by Crippen LogP contribution is 2.30. The van der Waals surface area contributed by atoms with Crippen molar-refractivity contribution in [3.05, 3.63) is 24.7 Å². The Bertz CT molecular complexity index is 588. The number of rotatable bonds is 2. The van der Waals surface area contributed by atoms with Crippen molar-refractivity contribution in [1.82, 2.24) is 15.0 Å². The molecule has 0 bridgehead atoms. The van der Waals surface area contributed by atoms with Crippen molar-refractivity contribution in [2.45, 2.75) is 19.8 Å². The van der Waals surface area contributed by atoms with Crippen molar-refractivity contribution in [2.75, 3.05) is 24.6 Å². The van der Waals surface area contributed by atoms with Gasteiger partial charge in [0.2, 0.25) is 5.95 Å². The number of fused-ring (bicyclic) bond motifs is 1. The predicted molar refractivity (Wildman–Crippen MR) is 74.0 cm³/mol. The van der Waals surface area contributed by atoms with Gasteiger partial charge in [-0.3, -0.25) is 4.98 Å². The van der Waals surface area contributed by atoms with Crippen molar-refractivity contribution >= 4 is 16.9 Å². The molecule has 3 rings (SSSR count). The molecule has 0 amide bonds. The molecule has 1 aliphatic rings. The average Bonchev–Trinajstić information content (AvgIpc) is 2.47. The van der Waals surface area contributed by atoms with E-state index in [1.165, 1.54) is 0 Å². The molecule has 0 radical (unpaired) electrons. The Hall–Kier alpha value is -1.75. The van der Waals surface area contributed by atoms with Crippen LogP contribution in [0.1, 0.15) is 19.8 Å². The van der Waals surface area contributed by atoms with E-state index in [1.54, 1.807) is 12.4 Å². The number of aliphatic hydroxyl groups excluding tert-OH is 1. The Morgan fingerprint density at radius 3 is 3.16 bits per heavy atom. The summed E-state index contributed by atoms with van der Waals surface area (Å²) in [6, 6.07) is 1.90. The molecule has 1 N–H and O–H groups in total. The highest BCUT2D eigenvalue weighted by molar-refractivity contribution is 5.77. The lowest BCUT2D eigenvalue weighted by atomic mass is 9.83. The standard InChI is InChI=1S/C14H18N4O/c1-14(10-19)4-2-6-18(9-14)13-16-8-11-7-15-5-3-12(11)17-13/h3,5,7-8,19H,2,4,6,9-10H2,1H3. The number of piperidine rings is 1. The fraction of sp³-hybridized carbons (Fsp3) is 0.500. The molecule has 0 aromatic carbocycles. The van der Waals surface area contributed by atoms with E-state index in [4.69, 9.17) is 0 Å². The summed E-state index contributed by atoms with van der Waals surface area (Å²) in [5, 5.41) is 10.5. The van der Waals surface area contributed by atoms with Crippen LogP contribution in [0.5, 0.6) is 0 Å². The molecule has 2 aromatic heterocycles. The van der Waals surface area contributed by atoms with Gasteiger partial charge in [-0.05, 0) is 18.9 Å². The summed E-state index contributed by atoms with van der Waals surface area (Å²) < 4.78 is 0. The molecule has 5 heteroatoms. The summed E-state index contributed by atoms with van der Waals surface area (Å²) in [5.41, 5.74) is 0.866. The lowest BCUT2D eigenvalue weighted by Crippen LogP contribution is -2.44. The maximum atomic E-state index is 9.51. The van der Waals surface area contributed by atoms with Gasteiger partial charge in [-0.25, -0.2) is 9.97 Å². The van der Waals surface area contributed by atoms with E-state index in [1.807, 2.05) is 12.3 Å². The Labute approximate surface area is 112 Å². The second kappa shape index (κ2) is 4.74. The molecule has 0 spiro atoms. The molecule has 1 atom stereocenters. The summed E-state index contributed by atoms with van der Waals surface area (Å²) in [6.07, 6.45) is 7.45. The van der Waals surface area contributed by atoms with Crippen LogP contribution in [-0.2, 0) is 0 Å². The quantitative estimate of drug-likeness (QED) is 0.887. The number of aliphatic hydroxyl groups is 1. The molecule has 1 saturated heterocycles. The van der Waals surface area contributed by atoms with E-state index >= 15 is 0 Å². The summed E-state index contributed by atoms with van der Waals surface area (Å²) in [6.45, 7) is 4.08. The summed E-state index contributed by atoms with van der Waals surface area (Å²) in [4.78, 5) is 15.2. The van der Waals surface area contributed by atoms with E-state index in [0.29, 0.717) is 0 Å². The van der Waals surface area contributed by atoms with E-state index in [-0.39, 0.29) is 12.0 Å². The molecule has 3 heterocycles. The zero-order valence-electron chi connectivity index (χ0n) is 11.1. The SMILES string of the molecule is CC1(CO)CCCN(c2ncc3cnccc3n2)C1. The van der Waals surface area contributed by atoms with Crippen LogP contribution in [0.15, 0.2) is 24.7 Å². The number of hydrogen-bond acceptors (Lipinski definition) is 5. The maximum absolute atomic E-state index is 9.51. The molecular formula is C14H18N4O. The van der Waals surface area contributed by atoms with E-state index in [0.717, 1.165) is 42.8 Å². The van der Waals surface area contributed by atoms with Gasteiger partial charge in [0.25, 0.3) is 0 Å². The van der Waals surface area contributed by atoms with Crippen molar-refractivity contribution < 1.29 is 5.11 Å². The topological polar surface area (TPSA) is 62.1 Å². The monoisotopic (exact) mass is 258 g/mol. The smallest absolute Gasteiger partial charge is 0.225 e. The number of hydrogen-bond donors (Lipinski definition) is 1. The fourth-order valence-electron chi connectivity index (χ4n) is 2.63. The zero-order chi connectivity index (χ0) is 13.3. The highest BCUT2D eigenvalue weighted by atomic mass is 16.3. The normalized spacial score (nSPS) is 23.8. The van der Waals surface area contributed by atoms with Gasteiger partial charge < -0.3 is 10.0 Å². The molecule has 100 valence electrons. The van der Waals surface area contributed by atoms with E-state index in [2.05, 4.69) is 26.8 Å². The van der Waals surface area contributed by atoms with Crippen LogP contribution in [0.3, 0.4) is 0 Å². The second-order valence-electron chi connectivity index (χ2n) is 5.60. The molecule has 1 unspecified atom stereocenters. The third-order valence-electron chi connectivity index (χ3n) is 3.81. The van der Waals surface area contributed by atoms with Crippen LogP contribution in [0.25, 0.3) is 10.9 Å². The zero-order valence-corrected chi connectivity index (χ0v) is 11.1. The molecule has 0 aliphatic carbocycles. The number of pyridine rings is 1. The van der Waals surface area contributed by atoms with Gasteiger partial charge in [0.1, 0.15) is 0 Å². The number of aromatic nitrogens is 3. The number of anilines is 1. The van der Waals surface area contributed by atoms with E-state index in [9.17, 15) is 5.11 Å². The van der Waals surface area contributed by atoms with Crippen molar-refractivity contribution in [3.63, 3.8) is 0 Å². The van der Waals surface area contributed by atoms with Gasteiger partial charge >= 0.3 is 0 Å². The van der Waals surface area contributed by atoms with Crippen LogP contribution in [0.4, 0.5) is 5.95 Å². The first-order valence-corrected chi connectivity index (χ1v) is 6.63. The lowest BCUT2D eigenvalue weighted by molar-refractivity contribution is 0.123. The molecule has 5 nitrogen and oxygen atoms in total. The Morgan fingerprint density at radius 1 is 1.42 bits per heavy atom. The minimum Gasteiger partial charge on any atom is -0.396 e. The summed E-state index contributed by atoms with van der Waals surface area (Å²) >= 11 is 0. The third-order valence-corrected chi connectivity index (χ3v) is 3.81. The van der Waals surface area contributed by atoms with Gasteiger partial charge in [-0.2, -0.15) is 0 Å². The molecular weight excluding hydrogens is 240 g/mol. The van der Waals surface area contributed by atoms with Crippen LogP contribution in [0, 0.1) is 5.41 Å². The van der Waals surface area contributed by atoms with Crippen LogP contribution in [0.2, 0.25) is 0 Å². The Morgan fingerprint density at radius 2 is 2.32 bits per heavy atom. The van der Waals surface area contributed by atoms with Gasteiger partial charge in [0.15, 0.2) is 0 Å².